The van der Waals surface area contributed by atoms with Crippen LogP contribution >= 0.6 is 11.6 Å². The molecule has 1 unspecified atom stereocenters. The summed E-state index contributed by atoms with van der Waals surface area (Å²) in [5, 5.41) is 21.1. The van der Waals surface area contributed by atoms with Gasteiger partial charge in [-0.25, -0.2) is 0 Å². The van der Waals surface area contributed by atoms with Crippen LogP contribution in [0, 0.1) is 0 Å². The van der Waals surface area contributed by atoms with Gasteiger partial charge in [0.2, 0.25) is 0 Å². The van der Waals surface area contributed by atoms with Gasteiger partial charge in [0.25, 0.3) is 0 Å². The minimum Gasteiger partial charge on any atom is -0.484 e. The van der Waals surface area contributed by atoms with Crippen LogP contribution in [0.25, 0.3) is 16.7 Å². The molecule has 3 rings (SSSR count). The molecule has 0 fully saturated rings. The molecule has 2 aromatic carbocycles. The molecule has 1 aromatic heterocycles. The van der Waals surface area contributed by atoms with Crippen LogP contribution in [0.5, 0.6) is 5.75 Å². The van der Waals surface area contributed by atoms with Crippen LogP contribution in [-0.2, 0) is 0 Å². The van der Waals surface area contributed by atoms with Crippen LogP contribution < -0.4 is 10.1 Å². The number of hydrogen-bond acceptors (Lipinski definition) is 5. The summed E-state index contributed by atoms with van der Waals surface area (Å²) in [5.41, 5.74) is 2.14. The molecule has 0 bridgehead atoms. The zero-order valence-electron chi connectivity index (χ0n) is 13.9. The minimum absolute atomic E-state index is 0.00551. The lowest BCUT2D eigenvalue weighted by molar-refractivity contribution is -0.153. The summed E-state index contributed by atoms with van der Waals surface area (Å²) in [5.74, 6) is 0.0185. The van der Waals surface area contributed by atoms with E-state index in [2.05, 4.69) is 15.5 Å². The molecular weight excluding hydrogens is 385 g/mol. The Bertz CT molecular complexity index is 884. The van der Waals surface area contributed by atoms with E-state index in [1.165, 1.54) is 16.9 Å². The molecule has 0 saturated carbocycles. The number of nitrogens with zero attached hydrogens (tertiary/aromatic N) is 3. The number of anilines is 1. The summed E-state index contributed by atoms with van der Waals surface area (Å²) in [4.78, 5) is 1.31. The highest BCUT2D eigenvalue weighted by molar-refractivity contribution is 6.18. The zero-order chi connectivity index (χ0) is 19.4. The number of hydrogen-bond donors (Lipinski definition) is 2. The molecule has 1 atom stereocenters. The van der Waals surface area contributed by atoms with Crippen molar-refractivity contribution >= 4 is 28.3 Å². The van der Waals surface area contributed by atoms with Gasteiger partial charge >= 0.3 is 6.18 Å². The first-order valence-corrected chi connectivity index (χ1v) is 8.52. The van der Waals surface area contributed by atoms with Gasteiger partial charge in [0, 0.05) is 24.4 Å². The maximum absolute atomic E-state index is 12.5. The van der Waals surface area contributed by atoms with Gasteiger partial charge in [-0.15, -0.1) is 21.8 Å². The van der Waals surface area contributed by atoms with Crippen LogP contribution in [-0.4, -0.2) is 51.4 Å². The van der Waals surface area contributed by atoms with Crippen LogP contribution in [0.2, 0.25) is 0 Å². The highest BCUT2D eigenvalue weighted by Gasteiger charge is 2.28. The molecular formula is C17H16ClF3N4O2. The molecule has 27 heavy (non-hydrogen) atoms. The maximum atomic E-state index is 12.5. The summed E-state index contributed by atoms with van der Waals surface area (Å²) in [6.45, 7) is -1.30. The van der Waals surface area contributed by atoms with Crippen molar-refractivity contribution < 1.29 is 23.0 Å². The van der Waals surface area contributed by atoms with Gasteiger partial charge in [0.15, 0.2) is 6.61 Å². The van der Waals surface area contributed by atoms with Crippen molar-refractivity contribution in [2.45, 2.75) is 12.3 Å². The number of halogens is 4. The first-order chi connectivity index (χ1) is 12.8. The Balaban J connectivity index is 1.92. The van der Waals surface area contributed by atoms with Gasteiger partial charge in [-0.3, -0.25) is 0 Å². The number of alkyl halides is 4. The van der Waals surface area contributed by atoms with Crippen molar-refractivity contribution in [1.29, 1.82) is 0 Å². The van der Waals surface area contributed by atoms with Crippen molar-refractivity contribution in [1.82, 2.24) is 15.0 Å². The molecule has 6 nitrogen and oxygen atoms in total. The van der Waals surface area contributed by atoms with E-state index < -0.39 is 18.9 Å². The smallest absolute Gasteiger partial charge is 0.422 e. The number of nitrogens with one attached hydrogen (secondary N) is 1. The van der Waals surface area contributed by atoms with Gasteiger partial charge in [0.1, 0.15) is 16.8 Å². The fourth-order valence-corrected chi connectivity index (χ4v) is 2.42. The fraction of sp³-hybridized carbons (Fsp3) is 0.294. The third kappa shape index (κ3) is 5.24. The third-order valence-corrected chi connectivity index (χ3v) is 3.89. The Kier molecular flexibility index (Phi) is 5.71. The topological polar surface area (TPSA) is 72.2 Å². The first-order valence-electron chi connectivity index (χ1n) is 7.99. The van der Waals surface area contributed by atoms with Crippen molar-refractivity contribution in [2.75, 3.05) is 24.3 Å². The number of rotatable bonds is 7. The Morgan fingerprint density at radius 3 is 2.41 bits per heavy atom. The lowest BCUT2D eigenvalue weighted by Gasteiger charge is -2.14. The molecule has 0 saturated heterocycles. The molecule has 0 amide bonds. The second kappa shape index (κ2) is 8.01. The second-order valence-electron chi connectivity index (χ2n) is 5.79. The van der Waals surface area contributed by atoms with Crippen molar-refractivity contribution in [3.05, 3.63) is 42.5 Å². The number of benzene rings is 2. The van der Waals surface area contributed by atoms with E-state index >= 15 is 0 Å². The van der Waals surface area contributed by atoms with Gasteiger partial charge < -0.3 is 15.2 Å². The van der Waals surface area contributed by atoms with Gasteiger partial charge in [-0.1, -0.05) is 12.1 Å². The summed E-state index contributed by atoms with van der Waals surface area (Å²) >= 11 is 5.56. The monoisotopic (exact) mass is 400 g/mol. The van der Waals surface area contributed by atoms with Crippen molar-refractivity contribution in [3.8, 4) is 11.4 Å². The van der Waals surface area contributed by atoms with Crippen LogP contribution in [0.1, 0.15) is 0 Å². The third-order valence-electron chi connectivity index (χ3n) is 3.53. The predicted molar refractivity (Wildman–Crippen MR) is 95.6 cm³/mol. The zero-order valence-corrected chi connectivity index (χ0v) is 14.7. The second-order valence-corrected chi connectivity index (χ2v) is 6.10. The number of aromatic nitrogens is 3. The number of aliphatic hydroxyl groups excluding tert-OH is 1. The highest BCUT2D eigenvalue weighted by Crippen LogP contribution is 2.26. The van der Waals surface area contributed by atoms with E-state index in [4.69, 9.17) is 16.3 Å². The van der Waals surface area contributed by atoms with E-state index in [1.807, 2.05) is 12.1 Å². The van der Waals surface area contributed by atoms with Crippen LogP contribution in [0.15, 0.2) is 42.5 Å². The lowest BCUT2D eigenvalue weighted by Crippen LogP contribution is -2.21. The lowest BCUT2D eigenvalue weighted by atomic mass is 10.2. The quantitative estimate of drug-likeness (QED) is 0.595. The molecule has 0 spiro atoms. The van der Waals surface area contributed by atoms with Crippen molar-refractivity contribution in [2.24, 2.45) is 0 Å². The Morgan fingerprint density at radius 2 is 1.81 bits per heavy atom. The van der Waals surface area contributed by atoms with E-state index in [9.17, 15) is 18.3 Å². The Hall–Kier alpha value is -2.52. The first kappa shape index (κ1) is 19.2. The molecule has 0 aliphatic rings. The summed E-state index contributed by atoms with van der Waals surface area (Å²) in [6.07, 6.45) is -5.27. The number of fused-ring (bicyclic) bond motifs is 1. The Labute approximate surface area is 157 Å². The predicted octanol–water partition coefficient (Wildman–Crippen LogP) is 3.37. The standard InChI is InChI=1S/C17H16ClF3N4O2/c18-8-13(26)9-22-11-5-12(7-14(6-11)27-10-17(19,20)21)25-23-15-3-1-2-4-16(15)24-25/h1-7,13,22,26H,8-10H2. The van der Waals surface area contributed by atoms with Crippen LogP contribution in [0.3, 0.4) is 0 Å². The van der Waals surface area contributed by atoms with E-state index in [0.29, 0.717) is 22.4 Å². The van der Waals surface area contributed by atoms with E-state index in [0.717, 1.165) is 0 Å². The van der Waals surface area contributed by atoms with Crippen LogP contribution in [0.4, 0.5) is 18.9 Å². The van der Waals surface area contributed by atoms with Crippen molar-refractivity contribution in [3.63, 3.8) is 0 Å². The summed E-state index contributed by atoms with van der Waals surface area (Å²) in [6, 6.07) is 11.6. The molecule has 2 N–H and O–H groups in total. The highest BCUT2D eigenvalue weighted by atomic mass is 35.5. The molecule has 10 heteroatoms. The molecule has 0 aliphatic heterocycles. The maximum Gasteiger partial charge on any atom is 0.422 e. The molecule has 0 radical (unpaired) electrons. The summed E-state index contributed by atoms with van der Waals surface area (Å²) < 4.78 is 42.3. The number of ether oxygens (including phenoxy) is 1. The average molecular weight is 401 g/mol. The minimum atomic E-state index is -4.46. The largest absolute Gasteiger partial charge is 0.484 e. The Morgan fingerprint density at radius 1 is 1.15 bits per heavy atom. The van der Waals surface area contributed by atoms with E-state index in [1.54, 1.807) is 18.2 Å². The van der Waals surface area contributed by atoms with E-state index in [-0.39, 0.29) is 18.2 Å². The normalized spacial score (nSPS) is 12.9. The molecule has 144 valence electrons. The molecule has 3 aromatic rings. The fourth-order valence-electron chi connectivity index (χ4n) is 2.31. The van der Waals surface area contributed by atoms with Gasteiger partial charge in [0.05, 0.1) is 17.7 Å². The number of aliphatic hydroxyl groups is 1. The van der Waals surface area contributed by atoms with Gasteiger partial charge in [-0.05, 0) is 18.2 Å². The SMILES string of the molecule is OC(CCl)CNc1cc(OCC(F)(F)F)cc(-n2nc3ccccc3n2)c1. The molecule has 1 heterocycles. The van der Waals surface area contributed by atoms with Gasteiger partial charge in [-0.2, -0.15) is 18.0 Å². The summed E-state index contributed by atoms with van der Waals surface area (Å²) in [7, 11) is 0. The molecule has 0 aliphatic carbocycles. The average Bonchev–Trinajstić information content (AvgIpc) is 3.08.